The van der Waals surface area contributed by atoms with Crippen molar-refractivity contribution in [2.45, 2.75) is 26.2 Å². The van der Waals surface area contributed by atoms with Crippen molar-refractivity contribution in [1.82, 2.24) is 0 Å². The molecule has 1 aromatic heterocycles. The molecular weight excluding hydrogens is 264 g/mol. The molecule has 0 atom stereocenters. The number of rotatable bonds is 3. The normalized spacial score (nSPS) is 18.1. The van der Waals surface area contributed by atoms with Crippen LogP contribution in [-0.2, 0) is 11.2 Å². The predicted octanol–water partition coefficient (Wildman–Crippen LogP) is 3.23. The average Bonchev–Trinajstić information content (AvgIpc) is 2.77. The minimum absolute atomic E-state index is 0.445. The van der Waals surface area contributed by atoms with E-state index in [-0.39, 0.29) is 0 Å². The quantitative estimate of drug-likeness (QED) is 0.919. The average molecular weight is 275 g/mol. The summed E-state index contributed by atoms with van der Waals surface area (Å²) in [6.07, 6.45) is 2.33. The Kier molecular flexibility index (Phi) is 2.43. The Morgan fingerprint density at radius 2 is 2.36 bits per heavy atom. The smallest absolute Gasteiger partial charge is 0.309 e. The molecule has 1 saturated carbocycles. The molecule has 76 valence electrons. The maximum Gasteiger partial charge on any atom is 0.309 e. The minimum atomic E-state index is -0.643. The van der Waals surface area contributed by atoms with E-state index < -0.39 is 11.4 Å². The third kappa shape index (κ3) is 1.73. The number of carbonyl (C=O) groups is 1. The van der Waals surface area contributed by atoms with Crippen LogP contribution in [0.25, 0.3) is 0 Å². The Morgan fingerprint density at radius 1 is 1.71 bits per heavy atom. The number of carboxylic acids is 1. The Labute approximate surface area is 95.1 Å². The van der Waals surface area contributed by atoms with E-state index in [1.807, 2.05) is 6.92 Å². The van der Waals surface area contributed by atoms with E-state index in [1.54, 1.807) is 11.3 Å². The van der Waals surface area contributed by atoms with Crippen LogP contribution in [0.4, 0.5) is 0 Å². The molecule has 0 unspecified atom stereocenters. The number of thiophene rings is 1. The summed E-state index contributed by atoms with van der Waals surface area (Å²) < 4.78 is 1.06. The van der Waals surface area contributed by atoms with Crippen molar-refractivity contribution in [3.63, 3.8) is 0 Å². The first kappa shape index (κ1) is 10.2. The van der Waals surface area contributed by atoms with Gasteiger partial charge in [0, 0.05) is 14.2 Å². The lowest BCUT2D eigenvalue weighted by Crippen LogP contribution is -2.17. The number of hydrogen-bond donors (Lipinski definition) is 1. The summed E-state index contributed by atoms with van der Waals surface area (Å²) in [4.78, 5) is 13.4. The lowest BCUT2D eigenvalue weighted by molar-refractivity contribution is -0.143. The second-order valence-corrected chi connectivity index (χ2v) is 6.09. The van der Waals surface area contributed by atoms with E-state index in [0.29, 0.717) is 6.42 Å². The van der Waals surface area contributed by atoms with E-state index in [2.05, 4.69) is 22.0 Å². The van der Waals surface area contributed by atoms with E-state index in [0.717, 1.165) is 17.3 Å². The van der Waals surface area contributed by atoms with Crippen molar-refractivity contribution in [2.75, 3.05) is 0 Å². The lowest BCUT2D eigenvalue weighted by atomic mass is 10.0. The fourth-order valence-corrected chi connectivity index (χ4v) is 3.52. The number of aliphatic carboxylic acids is 1. The number of halogens is 1. The maximum atomic E-state index is 11.0. The van der Waals surface area contributed by atoms with Gasteiger partial charge >= 0.3 is 5.97 Å². The molecule has 1 aliphatic rings. The molecule has 0 spiro atoms. The Hall–Kier alpha value is -0.350. The highest BCUT2D eigenvalue weighted by atomic mass is 79.9. The van der Waals surface area contributed by atoms with Crippen molar-refractivity contribution in [3.8, 4) is 0 Å². The fourth-order valence-electron chi connectivity index (χ4n) is 1.58. The van der Waals surface area contributed by atoms with Gasteiger partial charge in [0.05, 0.1) is 5.41 Å². The number of carboxylic acid groups (broad SMARTS) is 1. The van der Waals surface area contributed by atoms with Crippen molar-refractivity contribution in [2.24, 2.45) is 5.41 Å². The van der Waals surface area contributed by atoms with Crippen LogP contribution in [0.3, 0.4) is 0 Å². The SMILES string of the molecule is Cc1cc(Br)c(CC2(C(=O)O)CC2)s1. The zero-order valence-corrected chi connectivity index (χ0v) is 10.2. The molecule has 1 aromatic rings. The molecule has 0 bridgehead atoms. The van der Waals surface area contributed by atoms with E-state index in [1.165, 1.54) is 9.75 Å². The third-order valence-electron chi connectivity index (χ3n) is 2.69. The molecule has 4 heteroatoms. The molecule has 14 heavy (non-hydrogen) atoms. The van der Waals surface area contributed by atoms with Crippen LogP contribution in [0.15, 0.2) is 10.5 Å². The summed E-state index contributed by atoms with van der Waals surface area (Å²) in [5.74, 6) is -0.643. The standard InChI is InChI=1S/C10H11BrO2S/c1-6-4-7(11)8(14-6)5-10(2-3-10)9(12)13/h4H,2-3,5H2,1H3,(H,12,13). The molecular formula is C10H11BrO2S. The van der Waals surface area contributed by atoms with Crippen molar-refractivity contribution < 1.29 is 9.90 Å². The monoisotopic (exact) mass is 274 g/mol. The maximum absolute atomic E-state index is 11.0. The molecule has 0 aromatic carbocycles. The molecule has 2 nitrogen and oxygen atoms in total. The van der Waals surface area contributed by atoms with Crippen LogP contribution in [0.1, 0.15) is 22.6 Å². The molecule has 1 fully saturated rings. The van der Waals surface area contributed by atoms with Crippen molar-refractivity contribution in [3.05, 3.63) is 20.3 Å². The van der Waals surface area contributed by atoms with Gasteiger partial charge in [0.25, 0.3) is 0 Å². The zero-order chi connectivity index (χ0) is 10.3. The van der Waals surface area contributed by atoms with Gasteiger partial charge in [0.1, 0.15) is 0 Å². The lowest BCUT2D eigenvalue weighted by Gasteiger charge is -2.07. The van der Waals surface area contributed by atoms with Crippen molar-refractivity contribution >= 4 is 33.2 Å². The highest BCUT2D eigenvalue weighted by Crippen LogP contribution is 2.50. The third-order valence-corrected chi connectivity index (χ3v) is 4.71. The van der Waals surface area contributed by atoms with E-state index in [9.17, 15) is 4.79 Å². The molecule has 0 aliphatic heterocycles. The fraction of sp³-hybridized carbons (Fsp3) is 0.500. The topological polar surface area (TPSA) is 37.3 Å². The number of aryl methyl sites for hydroxylation is 1. The largest absolute Gasteiger partial charge is 0.481 e. The van der Waals surface area contributed by atoms with Gasteiger partial charge in [0.2, 0.25) is 0 Å². The first-order valence-corrected chi connectivity index (χ1v) is 6.13. The molecule has 0 radical (unpaired) electrons. The van der Waals surface area contributed by atoms with Gasteiger partial charge < -0.3 is 5.11 Å². The van der Waals surface area contributed by atoms with Gasteiger partial charge in [-0.05, 0) is 48.2 Å². The minimum Gasteiger partial charge on any atom is -0.481 e. The molecule has 0 amide bonds. The highest BCUT2D eigenvalue weighted by molar-refractivity contribution is 9.10. The van der Waals surface area contributed by atoms with Crippen LogP contribution < -0.4 is 0 Å². The van der Waals surface area contributed by atoms with Crippen LogP contribution in [0.2, 0.25) is 0 Å². The van der Waals surface area contributed by atoms with Gasteiger partial charge in [-0.15, -0.1) is 11.3 Å². The summed E-state index contributed by atoms with van der Waals surface area (Å²) in [6, 6.07) is 2.05. The second kappa shape index (κ2) is 3.35. The Bertz CT molecular complexity index is 379. The molecule has 1 N–H and O–H groups in total. The predicted molar refractivity (Wildman–Crippen MR) is 59.8 cm³/mol. The van der Waals surface area contributed by atoms with E-state index in [4.69, 9.17) is 5.11 Å². The summed E-state index contributed by atoms with van der Waals surface area (Å²) in [6.45, 7) is 2.04. The molecule has 0 saturated heterocycles. The zero-order valence-electron chi connectivity index (χ0n) is 7.84. The van der Waals surface area contributed by atoms with Crippen LogP contribution in [0, 0.1) is 12.3 Å². The molecule has 1 heterocycles. The van der Waals surface area contributed by atoms with E-state index >= 15 is 0 Å². The summed E-state index contributed by atoms with van der Waals surface area (Å²) >= 11 is 5.15. The van der Waals surface area contributed by atoms with Crippen LogP contribution >= 0.6 is 27.3 Å². The first-order chi connectivity index (χ1) is 6.53. The second-order valence-electron chi connectivity index (χ2n) is 3.89. The first-order valence-electron chi connectivity index (χ1n) is 4.52. The Balaban J connectivity index is 2.19. The summed E-state index contributed by atoms with van der Waals surface area (Å²) in [5, 5.41) is 9.05. The Morgan fingerprint density at radius 3 is 2.71 bits per heavy atom. The van der Waals surface area contributed by atoms with Crippen molar-refractivity contribution in [1.29, 1.82) is 0 Å². The van der Waals surface area contributed by atoms with Gasteiger partial charge in [-0.25, -0.2) is 0 Å². The van der Waals surface area contributed by atoms with Gasteiger partial charge in [-0.1, -0.05) is 0 Å². The molecule has 1 aliphatic carbocycles. The van der Waals surface area contributed by atoms with Gasteiger partial charge in [0.15, 0.2) is 0 Å². The van der Waals surface area contributed by atoms with Crippen LogP contribution in [0.5, 0.6) is 0 Å². The molecule has 2 rings (SSSR count). The summed E-state index contributed by atoms with van der Waals surface area (Å²) in [5.41, 5.74) is -0.445. The highest BCUT2D eigenvalue weighted by Gasteiger charge is 2.50. The van der Waals surface area contributed by atoms with Crippen LogP contribution in [-0.4, -0.2) is 11.1 Å². The number of hydrogen-bond acceptors (Lipinski definition) is 2. The van der Waals surface area contributed by atoms with Gasteiger partial charge in [-0.3, -0.25) is 4.79 Å². The summed E-state index contributed by atoms with van der Waals surface area (Å²) in [7, 11) is 0. The van der Waals surface area contributed by atoms with Gasteiger partial charge in [-0.2, -0.15) is 0 Å².